The Bertz CT molecular complexity index is 990. The Balaban J connectivity index is 1.61. The van der Waals surface area contributed by atoms with Gasteiger partial charge in [0.25, 0.3) is 5.91 Å². The highest BCUT2D eigenvalue weighted by Crippen LogP contribution is 2.32. The number of benzene rings is 2. The number of aromatic amines is 1. The topological polar surface area (TPSA) is 48.1 Å². The van der Waals surface area contributed by atoms with E-state index in [-0.39, 0.29) is 17.8 Å². The van der Waals surface area contributed by atoms with Gasteiger partial charge < -0.3 is 10.3 Å². The number of halogens is 2. The Morgan fingerprint density at radius 3 is 2.71 bits per heavy atom. The van der Waals surface area contributed by atoms with Crippen LogP contribution in [0.3, 0.4) is 0 Å². The smallest absolute Gasteiger partial charge is 0.253 e. The van der Waals surface area contributed by atoms with E-state index < -0.39 is 0 Å². The summed E-state index contributed by atoms with van der Waals surface area (Å²) in [6.45, 7) is 3.94. The van der Waals surface area contributed by atoms with Crippen LogP contribution in [0.5, 0.6) is 0 Å². The maximum atomic E-state index is 14.6. The number of hydrogen-bond donors (Lipinski definition) is 2. The Morgan fingerprint density at radius 2 is 1.96 bits per heavy atom. The molecule has 0 radical (unpaired) electrons. The van der Waals surface area contributed by atoms with E-state index in [0.717, 1.165) is 42.5 Å². The van der Waals surface area contributed by atoms with Crippen molar-refractivity contribution in [1.29, 1.82) is 0 Å². The number of amides is 1. The average molecular weight is 400 g/mol. The van der Waals surface area contributed by atoms with Crippen molar-refractivity contribution in [2.75, 3.05) is 19.6 Å². The van der Waals surface area contributed by atoms with Crippen molar-refractivity contribution in [3.63, 3.8) is 0 Å². The molecule has 2 N–H and O–H groups in total. The molecular weight excluding hydrogens is 377 g/mol. The van der Waals surface area contributed by atoms with Gasteiger partial charge in [0, 0.05) is 33.7 Å². The fourth-order valence-corrected chi connectivity index (χ4v) is 4.43. The number of carbonyl (C=O) groups excluding carboxylic acids is 1. The first-order valence-electron chi connectivity index (χ1n) is 9.59. The molecule has 2 heterocycles. The molecule has 146 valence electrons. The van der Waals surface area contributed by atoms with Crippen molar-refractivity contribution in [1.82, 2.24) is 15.2 Å². The van der Waals surface area contributed by atoms with Gasteiger partial charge in [-0.05, 0) is 51.1 Å². The zero-order valence-electron chi connectivity index (χ0n) is 15.8. The predicted octanol–water partition coefficient (Wildman–Crippen LogP) is 4.84. The van der Waals surface area contributed by atoms with E-state index in [1.807, 2.05) is 31.2 Å². The second-order valence-electron chi connectivity index (χ2n) is 7.27. The summed E-state index contributed by atoms with van der Waals surface area (Å²) in [6.07, 6.45) is 2.14. The van der Waals surface area contributed by atoms with Gasteiger partial charge in [0.05, 0.1) is 11.6 Å². The summed E-state index contributed by atoms with van der Waals surface area (Å²) in [7, 11) is 0. The first-order chi connectivity index (χ1) is 13.6. The predicted molar refractivity (Wildman–Crippen MR) is 110 cm³/mol. The molecule has 3 aromatic rings. The van der Waals surface area contributed by atoms with Gasteiger partial charge in [0.15, 0.2) is 0 Å². The van der Waals surface area contributed by atoms with E-state index in [1.54, 1.807) is 12.1 Å². The van der Waals surface area contributed by atoms with Crippen molar-refractivity contribution in [2.24, 2.45) is 0 Å². The van der Waals surface area contributed by atoms with Gasteiger partial charge in [0.1, 0.15) is 5.82 Å². The number of H-pyrrole nitrogens is 1. The summed E-state index contributed by atoms with van der Waals surface area (Å²) in [4.78, 5) is 18.4. The quantitative estimate of drug-likeness (QED) is 0.645. The Labute approximate surface area is 168 Å². The summed E-state index contributed by atoms with van der Waals surface area (Å²) in [5, 5.41) is 4.31. The second-order valence-corrected chi connectivity index (χ2v) is 7.68. The number of nitrogens with zero attached hydrogens (tertiary/aromatic N) is 1. The summed E-state index contributed by atoms with van der Waals surface area (Å²) in [5.41, 5.74) is 2.84. The van der Waals surface area contributed by atoms with Gasteiger partial charge >= 0.3 is 0 Å². The summed E-state index contributed by atoms with van der Waals surface area (Å²) in [5.74, 6) is -0.492. The Kier molecular flexibility index (Phi) is 5.38. The molecule has 1 aliphatic rings. The van der Waals surface area contributed by atoms with E-state index in [4.69, 9.17) is 11.6 Å². The van der Waals surface area contributed by atoms with Crippen molar-refractivity contribution < 1.29 is 9.18 Å². The molecule has 1 aliphatic heterocycles. The number of likely N-dealkylation sites (tertiary alicyclic amines) is 1. The van der Waals surface area contributed by atoms with Gasteiger partial charge in [-0.1, -0.05) is 35.9 Å². The van der Waals surface area contributed by atoms with Crippen LogP contribution in [0.1, 0.15) is 40.5 Å². The van der Waals surface area contributed by atoms with Crippen LogP contribution < -0.4 is 5.32 Å². The summed E-state index contributed by atoms with van der Waals surface area (Å²) in [6, 6.07) is 12.2. The van der Waals surface area contributed by atoms with E-state index in [9.17, 15) is 9.18 Å². The lowest BCUT2D eigenvalue weighted by atomic mass is 10.0. The van der Waals surface area contributed by atoms with Gasteiger partial charge in [-0.25, -0.2) is 4.39 Å². The fourth-order valence-electron chi connectivity index (χ4n) is 4.14. The molecule has 1 amide bonds. The zero-order chi connectivity index (χ0) is 19.7. The zero-order valence-corrected chi connectivity index (χ0v) is 16.5. The minimum Gasteiger partial charge on any atom is -0.358 e. The van der Waals surface area contributed by atoms with E-state index >= 15 is 0 Å². The molecule has 0 bridgehead atoms. The molecule has 0 saturated carbocycles. The van der Waals surface area contributed by atoms with Crippen LogP contribution in [0.15, 0.2) is 42.5 Å². The van der Waals surface area contributed by atoms with Crippen LogP contribution in [0.4, 0.5) is 4.39 Å². The molecule has 1 aromatic heterocycles. The van der Waals surface area contributed by atoms with Crippen LogP contribution in [0, 0.1) is 12.7 Å². The lowest BCUT2D eigenvalue weighted by Crippen LogP contribution is -2.37. The molecule has 1 fully saturated rings. The third kappa shape index (κ3) is 3.52. The fraction of sp³-hybridized carbons (Fsp3) is 0.318. The molecule has 1 unspecified atom stereocenters. The first kappa shape index (κ1) is 19.0. The van der Waals surface area contributed by atoms with Crippen molar-refractivity contribution in [3.05, 3.63) is 70.1 Å². The molecule has 4 nitrogen and oxygen atoms in total. The molecule has 1 saturated heterocycles. The molecule has 28 heavy (non-hydrogen) atoms. The number of hydrogen-bond acceptors (Lipinski definition) is 2. The third-order valence-electron chi connectivity index (χ3n) is 5.49. The number of para-hydroxylation sites is 1. The highest BCUT2D eigenvalue weighted by atomic mass is 35.5. The van der Waals surface area contributed by atoms with Crippen molar-refractivity contribution >= 4 is 28.4 Å². The molecule has 4 rings (SSSR count). The number of rotatable bonds is 5. The summed E-state index contributed by atoms with van der Waals surface area (Å²) >= 11 is 6.34. The normalized spacial score (nSPS) is 15.8. The highest BCUT2D eigenvalue weighted by molar-refractivity contribution is 6.31. The maximum absolute atomic E-state index is 14.6. The van der Waals surface area contributed by atoms with Crippen LogP contribution >= 0.6 is 11.6 Å². The number of nitrogens with one attached hydrogen (secondary N) is 2. The number of fused-ring (bicyclic) bond motifs is 1. The number of aryl methyl sites for hydroxylation is 1. The van der Waals surface area contributed by atoms with Crippen LogP contribution in [0.2, 0.25) is 5.02 Å². The van der Waals surface area contributed by atoms with Crippen LogP contribution in [-0.2, 0) is 0 Å². The molecule has 0 spiro atoms. The molecule has 6 heteroatoms. The molecule has 2 aromatic carbocycles. The monoisotopic (exact) mass is 399 g/mol. The minimum atomic E-state index is -0.332. The SMILES string of the molecule is Cc1[nH]c2ccccc2c1C(=O)NCC(c1c(F)cccc1Cl)N1CCCC1. The number of aromatic nitrogens is 1. The second kappa shape index (κ2) is 7.94. The Hall–Kier alpha value is -2.37. The van der Waals surface area contributed by atoms with E-state index in [0.29, 0.717) is 22.7 Å². The van der Waals surface area contributed by atoms with Crippen LogP contribution in [-0.4, -0.2) is 35.4 Å². The van der Waals surface area contributed by atoms with Crippen molar-refractivity contribution in [3.8, 4) is 0 Å². The molecule has 0 aliphatic carbocycles. The van der Waals surface area contributed by atoms with Gasteiger partial charge in [0.2, 0.25) is 0 Å². The number of carbonyl (C=O) groups is 1. The van der Waals surface area contributed by atoms with Crippen molar-refractivity contribution in [2.45, 2.75) is 25.8 Å². The first-order valence-corrected chi connectivity index (χ1v) is 9.97. The van der Waals surface area contributed by atoms with E-state index in [1.165, 1.54) is 6.07 Å². The highest BCUT2D eigenvalue weighted by Gasteiger charge is 2.28. The van der Waals surface area contributed by atoms with Gasteiger partial charge in [-0.15, -0.1) is 0 Å². The standard InChI is InChI=1S/C22H23ClFN3O/c1-14-20(15-7-2-3-10-18(15)26-14)22(28)25-13-19(27-11-4-5-12-27)21-16(23)8-6-9-17(21)24/h2-3,6-10,19,26H,4-5,11-13H2,1H3,(H,25,28). The molecular formula is C22H23ClFN3O. The largest absolute Gasteiger partial charge is 0.358 e. The minimum absolute atomic E-state index is 0.161. The lowest BCUT2D eigenvalue weighted by molar-refractivity contribution is 0.0938. The van der Waals surface area contributed by atoms with Crippen LogP contribution in [0.25, 0.3) is 10.9 Å². The molecule has 1 atom stereocenters. The third-order valence-corrected chi connectivity index (χ3v) is 5.82. The Morgan fingerprint density at radius 1 is 1.21 bits per heavy atom. The van der Waals surface area contributed by atoms with Gasteiger partial charge in [-0.3, -0.25) is 9.69 Å². The lowest BCUT2D eigenvalue weighted by Gasteiger charge is -2.29. The van der Waals surface area contributed by atoms with E-state index in [2.05, 4.69) is 15.2 Å². The maximum Gasteiger partial charge on any atom is 0.253 e. The average Bonchev–Trinajstić information content (AvgIpc) is 3.30. The summed E-state index contributed by atoms with van der Waals surface area (Å²) < 4.78 is 14.6. The van der Waals surface area contributed by atoms with Gasteiger partial charge in [-0.2, -0.15) is 0 Å².